The molecule has 1 aliphatic rings. The fraction of sp³-hybridized carbons (Fsp3) is 0.889. The highest BCUT2D eigenvalue weighted by Gasteiger charge is 2.12. The van der Waals surface area contributed by atoms with Gasteiger partial charge in [0.05, 0.1) is 6.61 Å². The third-order valence-electron chi connectivity index (χ3n) is 2.44. The molecular weight excluding hydrogens is 184 g/mol. The van der Waals surface area contributed by atoms with Crippen LogP contribution in [0.4, 0.5) is 4.79 Å². The molecule has 0 bridgehead atoms. The first-order valence-electron chi connectivity index (χ1n) is 4.95. The predicted octanol–water partition coefficient (Wildman–Crippen LogP) is 0.318. The Kier molecular flexibility index (Phi) is 4.69. The second-order valence-corrected chi connectivity index (χ2v) is 3.61. The molecule has 5 heteroatoms. The van der Waals surface area contributed by atoms with Crippen molar-refractivity contribution in [2.24, 2.45) is 0 Å². The van der Waals surface area contributed by atoms with E-state index < -0.39 is 6.16 Å². The highest BCUT2D eigenvalue weighted by atomic mass is 16.7. The topological polar surface area (TPSA) is 53.0 Å². The van der Waals surface area contributed by atoms with E-state index in [0.717, 1.165) is 39.1 Å². The maximum atomic E-state index is 10.1. The van der Waals surface area contributed by atoms with Crippen molar-refractivity contribution in [1.29, 1.82) is 0 Å². The monoisotopic (exact) mass is 202 g/mol. The van der Waals surface area contributed by atoms with Crippen molar-refractivity contribution in [3.05, 3.63) is 0 Å². The lowest BCUT2D eigenvalue weighted by molar-refractivity contribution is 0.0833. The van der Waals surface area contributed by atoms with Crippen LogP contribution in [0.5, 0.6) is 0 Å². The molecule has 0 radical (unpaired) electrons. The standard InChI is InChI=1S/C9H18N2O3/c1-10-4-6-11(7-5-10)3-2-8-14-9(12)13/h2-8H2,1H3,(H,12,13). The number of likely N-dealkylation sites (N-methyl/N-ethyl adjacent to an activating group) is 1. The van der Waals surface area contributed by atoms with Gasteiger partial charge < -0.3 is 19.6 Å². The normalized spacial score (nSPS) is 19.5. The van der Waals surface area contributed by atoms with E-state index in [4.69, 9.17) is 5.11 Å². The third kappa shape index (κ3) is 4.43. The Morgan fingerprint density at radius 3 is 2.57 bits per heavy atom. The van der Waals surface area contributed by atoms with Crippen LogP contribution in [0.3, 0.4) is 0 Å². The largest absolute Gasteiger partial charge is 0.505 e. The molecule has 0 spiro atoms. The van der Waals surface area contributed by atoms with Crippen LogP contribution in [0.15, 0.2) is 0 Å². The third-order valence-corrected chi connectivity index (χ3v) is 2.44. The van der Waals surface area contributed by atoms with Crippen molar-refractivity contribution in [1.82, 2.24) is 9.80 Å². The Hall–Kier alpha value is -0.810. The van der Waals surface area contributed by atoms with Crippen LogP contribution in [0.2, 0.25) is 0 Å². The fourth-order valence-corrected chi connectivity index (χ4v) is 1.52. The number of hydrogen-bond donors (Lipinski definition) is 1. The maximum Gasteiger partial charge on any atom is 0.505 e. The molecule has 1 fully saturated rings. The Balaban J connectivity index is 1.99. The first-order chi connectivity index (χ1) is 6.68. The quantitative estimate of drug-likeness (QED) is 0.525. The van der Waals surface area contributed by atoms with Crippen molar-refractivity contribution in [3.63, 3.8) is 0 Å². The number of nitrogens with zero attached hydrogens (tertiary/aromatic N) is 2. The first-order valence-corrected chi connectivity index (χ1v) is 4.95. The summed E-state index contributed by atoms with van der Waals surface area (Å²) in [5.41, 5.74) is 0. The molecule has 0 aromatic rings. The summed E-state index contributed by atoms with van der Waals surface area (Å²) in [6.07, 6.45) is -0.390. The van der Waals surface area contributed by atoms with Crippen LogP contribution >= 0.6 is 0 Å². The fourth-order valence-electron chi connectivity index (χ4n) is 1.52. The van der Waals surface area contributed by atoms with Crippen LogP contribution in [0.1, 0.15) is 6.42 Å². The molecule has 82 valence electrons. The molecule has 1 N–H and O–H groups in total. The van der Waals surface area contributed by atoms with Gasteiger partial charge in [0.1, 0.15) is 0 Å². The van der Waals surface area contributed by atoms with E-state index in [0.29, 0.717) is 6.61 Å². The molecular formula is C9H18N2O3. The molecule has 1 aliphatic heterocycles. The van der Waals surface area contributed by atoms with Crippen molar-refractivity contribution >= 4 is 6.16 Å². The van der Waals surface area contributed by atoms with E-state index in [9.17, 15) is 4.79 Å². The van der Waals surface area contributed by atoms with Crippen LogP contribution in [-0.2, 0) is 4.74 Å². The van der Waals surface area contributed by atoms with Crippen LogP contribution in [0.25, 0.3) is 0 Å². The number of rotatable bonds is 4. The molecule has 5 nitrogen and oxygen atoms in total. The van der Waals surface area contributed by atoms with E-state index >= 15 is 0 Å². The molecule has 1 saturated heterocycles. The minimum Gasteiger partial charge on any atom is -0.450 e. The summed E-state index contributed by atoms with van der Waals surface area (Å²) in [6.45, 7) is 5.58. The van der Waals surface area contributed by atoms with Crippen LogP contribution in [0, 0.1) is 0 Å². The van der Waals surface area contributed by atoms with E-state index in [1.54, 1.807) is 0 Å². The molecule has 0 aliphatic carbocycles. The maximum absolute atomic E-state index is 10.1. The number of hydrogen-bond acceptors (Lipinski definition) is 4. The smallest absolute Gasteiger partial charge is 0.450 e. The van der Waals surface area contributed by atoms with Gasteiger partial charge in [0.15, 0.2) is 0 Å². The minimum atomic E-state index is -1.18. The van der Waals surface area contributed by atoms with Crippen molar-refractivity contribution in [3.8, 4) is 0 Å². The molecule has 0 unspecified atom stereocenters. The summed E-state index contributed by atoms with van der Waals surface area (Å²) in [4.78, 5) is 14.7. The van der Waals surface area contributed by atoms with Gasteiger partial charge in [0.2, 0.25) is 0 Å². The summed E-state index contributed by atoms with van der Waals surface area (Å²) >= 11 is 0. The number of carbonyl (C=O) groups is 1. The Bertz CT molecular complexity index is 179. The molecule has 0 saturated carbocycles. The second kappa shape index (κ2) is 5.82. The highest BCUT2D eigenvalue weighted by Crippen LogP contribution is 1.99. The van der Waals surface area contributed by atoms with Crippen molar-refractivity contribution in [2.75, 3.05) is 46.4 Å². The van der Waals surface area contributed by atoms with Gasteiger partial charge in [-0.2, -0.15) is 0 Å². The minimum absolute atomic E-state index is 0.307. The van der Waals surface area contributed by atoms with Gasteiger partial charge in [0.25, 0.3) is 0 Å². The van der Waals surface area contributed by atoms with Gasteiger partial charge in [0, 0.05) is 32.7 Å². The summed E-state index contributed by atoms with van der Waals surface area (Å²) in [6, 6.07) is 0. The zero-order chi connectivity index (χ0) is 10.4. The summed E-state index contributed by atoms with van der Waals surface area (Å²) in [7, 11) is 2.12. The van der Waals surface area contributed by atoms with Crippen molar-refractivity contribution in [2.45, 2.75) is 6.42 Å². The molecule has 0 aromatic carbocycles. The SMILES string of the molecule is CN1CCN(CCCOC(=O)O)CC1. The van der Waals surface area contributed by atoms with Gasteiger partial charge in [-0.25, -0.2) is 4.79 Å². The van der Waals surface area contributed by atoms with E-state index in [-0.39, 0.29) is 0 Å². The molecule has 0 aromatic heterocycles. The number of ether oxygens (including phenoxy) is 1. The number of carboxylic acid groups (broad SMARTS) is 1. The lowest BCUT2D eigenvalue weighted by atomic mass is 10.3. The molecule has 0 amide bonds. The zero-order valence-corrected chi connectivity index (χ0v) is 8.61. The summed E-state index contributed by atoms with van der Waals surface area (Å²) in [5, 5.41) is 8.24. The Morgan fingerprint density at radius 2 is 2.00 bits per heavy atom. The van der Waals surface area contributed by atoms with E-state index in [1.165, 1.54) is 0 Å². The lowest BCUT2D eigenvalue weighted by Gasteiger charge is -2.32. The highest BCUT2D eigenvalue weighted by molar-refractivity contribution is 5.56. The molecule has 0 atom stereocenters. The Morgan fingerprint density at radius 1 is 1.36 bits per heavy atom. The molecule has 1 heterocycles. The van der Waals surface area contributed by atoms with Gasteiger partial charge in [-0.15, -0.1) is 0 Å². The summed E-state index contributed by atoms with van der Waals surface area (Å²) < 4.78 is 4.43. The van der Waals surface area contributed by atoms with Gasteiger partial charge in [-0.05, 0) is 13.5 Å². The summed E-state index contributed by atoms with van der Waals surface area (Å²) in [5.74, 6) is 0. The van der Waals surface area contributed by atoms with Crippen LogP contribution < -0.4 is 0 Å². The van der Waals surface area contributed by atoms with Gasteiger partial charge in [-0.3, -0.25) is 0 Å². The van der Waals surface area contributed by atoms with Crippen molar-refractivity contribution < 1.29 is 14.6 Å². The van der Waals surface area contributed by atoms with Gasteiger partial charge >= 0.3 is 6.16 Å². The molecule has 1 rings (SSSR count). The van der Waals surface area contributed by atoms with E-state index in [1.807, 2.05) is 0 Å². The molecule has 14 heavy (non-hydrogen) atoms. The lowest BCUT2D eigenvalue weighted by Crippen LogP contribution is -2.44. The second-order valence-electron chi connectivity index (χ2n) is 3.61. The average molecular weight is 202 g/mol. The number of piperazine rings is 1. The van der Waals surface area contributed by atoms with Crippen LogP contribution in [-0.4, -0.2) is 67.4 Å². The predicted molar refractivity (Wildman–Crippen MR) is 52.5 cm³/mol. The first kappa shape index (κ1) is 11.3. The zero-order valence-electron chi connectivity index (χ0n) is 8.61. The Labute approximate surface area is 84.2 Å². The average Bonchev–Trinajstić information content (AvgIpc) is 2.15. The van der Waals surface area contributed by atoms with Gasteiger partial charge in [-0.1, -0.05) is 0 Å². The van der Waals surface area contributed by atoms with E-state index in [2.05, 4.69) is 21.6 Å².